The highest BCUT2D eigenvalue weighted by Gasteiger charge is 2.22. The average molecular weight is 306 g/mol. The fourth-order valence-corrected chi connectivity index (χ4v) is 4.72. The van der Waals surface area contributed by atoms with E-state index in [1.54, 1.807) is 23.1 Å². The SMILES string of the molecule is CC(Sc1nc2ccccc2s1)C(=O)NC1CCCC1. The van der Waals surface area contributed by atoms with Gasteiger partial charge >= 0.3 is 0 Å². The van der Waals surface area contributed by atoms with E-state index in [9.17, 15) is 4.79 Å². The van der Waals surface area contributed by atoms with E-state index in [1.165, 1.54) is 17.5 Å². The predicted octanol–water partition coefficient (Wildman–Crippen LogP) is 3.84. The van der Waals surface area contributed by atoms with Crippen LogP contribution in [0.2, 0.25) is 0 Å². The highest BCUT2D eigenvalue weighted by molar-refractivity contribution is 8.02. The van der Waals surface area contributed by atoms with Gasteiger partial charge in [-0.2, -0.15) is 0 Å². The van der Waals surface area contributed by atoms with Crippen molar-refractivity contribution >= 4 is 39.2 Å². The molecule has 1 fully saturated rings. The van der Waals surface area contributed by atoms with Crippen LogP contribution >= 0.6 is 23.1 Å². The summed E-state index contributed by atoms with van der Waals surface area (Å²) < 4.78 is 2.15. The van der Waals surface area contributed by atoms with Crippen LogP contribution in [-0.2, 0) is 4.79 Å². The predicted molar refractivity (Wildman–Crippen MR) is 85.3 cm³/mol. The van der Waals surface area contributed by atoms with Crippen LogP contribution < -0.4 is 5.32 Å². The molecule has 1 aliphatic carbocycles. The van der Waals surface area contributed by atoms with Crippen molar-refractivity contribution in [2.75, 3.05) is 0 Å². The Kier molecular flexibility index (Phi) is 4.27. The summed E-state index contributed by atoms with van der Waals surface area (Å²) in [5.41, 5.74) is 1.02. The number of thioether (sulfide) groups is 1. The van der Waals surface area contributed by atoms with Gasteiger partial charge in [-0.1, -0.05) is 36.7 Å². The Labute approximate surface area is 127 Å². The minimum Gasteiger partial charge on any atom is -0.352 e. The zero-order valence-electron chi connectivity index (χ0n) is 11.5. The van der Waals surface area contributed by atoms with Crippen molar-refractivity contribution in [1.29, 1.82) is 0 Å². The molecule has 0 radical (unpaired) electrons. The van der Waals surface area contributed by atoms with Crippen molar-refractivity contribution in [3.05, 3.63) is 24.3 Å². The number of hydrogen-bond acceptors (Lipinski definition) is 4. The Morgan fingerprint density at radius 2 is 2.15 bits per heavy atom. The molecule has 20 heavy (non-hydrogen) atoms. The fourth-order valence-electron chi connectivity index (χ4n) is 2.49. The molecule has 1 unspecified atom stereocenters. The number of benzene rings is 1. The summed E-state index contributed by atoms with van der Waals surface area (Å²) in [7, 11) is 0. The maximum atomic E-state index is 12.2. The van der Waals surface area contributed by atoms with Gasteiger partial charge in [0.2, 0.25) is 5.91 Å². The van der Waals surface area contributed by atoms with Gasteiger partial charge in [-0.3, -0.25) is 4.79 Å². The number of thiazole rings is 1. The van der Waals surface area contributed by atoms with E-state index in [2.05, 4.69) is 16.4 Å². The molecule has 1 saturated carbocycles. The molecule has 1 atom stereocenters. The van der Waals surface area contributed by atoms with Crippen LogP contribution in [0.3, 0.4) is 0 Å². The Morgan fingerprint density at radius 3 is 2.90 bits per heavy atom. The summed E-state index contributed by atoms with van der Waals surface area (Å²) >= 11 is 3.21. The molecule has 3 nitrogen and oxygen atoms in total. The first-order chi connectivity index (χ1) is 9.72. The lowest BCUT2D eigenvalue weighted by Crippen LogP contribution is -2.37. The van der Waals surface area contributed by atoms with Crippen LogP contribution in [0.15, 0.2) is 28.6 Å². The number of rotatable bonds is 4. The Hall–Kier alpha value is -1.07. The molecule has 0 bridgehead atoms. The second-order valence-electron chi connectivity index (χ2n) is 5.20. The van der Waals surface area contributed by atoms with Gasteiger partial charge in [-0.25, -0.2) is 4.98 Å². The number of hydrogen-bond donors (Lipinski definition) is 1. The number of aromatic nitrogens is 1. The maximum Gasteiger partial charge on any atom is 0.233 e. The van der Waals surface area contributed by atoms with Gasteiger partial charge in [-0.05, 0) is 31.9 Å². The molecule has 1 amide bonds. The molecule has 1 aromatic heterocycles. The molecular formula is C15H18N2OS2. The van der Waals surface area contributed by atoms with Crippen molar-refractivity contribution in [2.24, 2.45) is 0 Å². The Balaban J connectivity index is 1.62. The molecule has 0 spiro atoms. The van der Waals surface area contributed by atoms with Gasteiger partial charge in [0.1, 0.15) is 0 Å². The van der Waals surface area contributed by atoms with Gasteiger partial charge < -0.3 is 5.32 Å². The lowest BCUT2D eigenvalue weighted by Gasteiger charge is -2.15. The highest BCUT2D eigenvalue weighted by Crippen LogP contribution is 2.32. The van der Waals surface area contributed by atoms with E-state index in [-0.39, 0.29) is 11.2 Å². The number of amides is 1. The van der Waals surface area contributed by atoms with Crippen LogP contribution in [-0.4, -0.2) is 22.2 Å². The molecule has 1 aromatic carbocycles. The monoisotopic (exact) mass is 306 g/mol. The van der Waals surface area contributed by atoms with E-state index in [0.29, 0.717) is 6.04 Å². The minimum atomic E-state index is -0.0869. The maximum absolute atomic E-state index is 12.2. The van der Waals surface area contributed by atoms with Crippen molar-refractivity contribution in [3.8, 4) is 0 Å². The van der Waals surface area contributed by atoms with Gasteiger partial charge in [0.15, 0.2) is 4.34 Å². The number of carbonyl (C=O) groups is 1. The van der Waals surface area contributed by atoms with Crippen LogP contribution in [0.5, 0.6) is 0 Å². The van der Waals surface area contributed by atoms with Crippen molar-refractivity contribution in [3.63, 3.8) is 0 Å². The summed E-state index contributed by atoms with van der Waals surface area (Å²) in [5, 5.41) is 3.06. The van der Waals surface area contributed by atoms with E-state index in [0.717, 1.165) is 22.7 Å². The third kappa shape index (κ3) is 3.15. The number of carbonyl (C=O) groups excluding carboxylic acids is 1. The number of nitrogens with one attached hydrogen (secondary N) is 1. The first kappa shape index (κ1) is 13.9. The van der Waals surface area contributed by atoms with Crippen molar-refractivity contribution in [2.45, 2.75) is 48.2 Å². The minimum absolute atomic E-state index is 0.0869. The lowest BCUT2D eigenvalue weighted by atomic mass is 10.2. The van der Waals surface area contributed by atoms with Gasteiger partial charge in [-0.15, -0.1) is 11.3 Å². The normalized spacial score (nSPS) is 17.4. The number of fused-ring (bicyclic) bond motifs is 1. The highest BCUT2D eigenvalue weighted by atomic mass is 32.2. The third-order valence-corrected chi connectivity index (χ3v) is 5.85. The van der Waals surface area contributed by atoms with E-state index < -0.39 is 0 Å². The van der Waals surface area contributed by atoms with Crippen LogP contribution in [0.1, 0.15) is 32.6 Å². The molecule has 0 saturated heterocycles. The quantitative estimate of drug-likeness (QED) is 0.873. The van der Waals surface area contributed by atoms with Crippen LogP contribution in [0, 0.1) is 0 Å². The number of nitrogens with zero attached hydrogens (tertiary/aromatic N) is 1. The molecule has 1 heterocycles. The first-order valence-corrected chi connectivity index (χ1v) is 8.74. The summed E-state index contributed by atoms with van der Waals surface area (Å²) in [6.07, 6.45) is 4.74. The van der Waals surface area contributed by atoms with Gasteiger partial charge in [0.05, 0.1) is 15.5 Å². The third-order valence-electron chi connectivity index (χ3n) is 3.62. The molecule has 1 N–H and O–H groups in total. The van der Waals surface area contributed by atoms with Gasteiger partial charge in [0.25, 0.3) is 0 Å². The second-order valence-corrected chi connectivity index (χ2v) is 7.82. The number of para-hydroxylation sites is 1. The van der Waals surface area contributed by atoms with Gasteiger partial charge in [0, 0.05) is 6.04 Å². The second kappa shape index (κ2) is 6.14. The average Bonchev–Trinajstić information content (AvgIpc) is 3.06. The molecule has 5 heteroatoms. The fraction of sp³-hybridized carbons (Fsp3) is 0.467. The first-order valence-electron chi connectivity index (χ1n) is 7.05. The van der Waals surface area contributed by atoms with Crippen molar-refractivity contribution in [1.82, 2.24) is 10.3 Å². The molecule has 3 rings (SSSR count). The smallest absolute Gasteiger partial charge is 0.233 e. The van der Waals surface area contributed by atoms with Crippen LogP contribution in [0.4, 0.5) is 0 Å². The summed E-state index contributed by atoms with van der Waals surface area (Å²) in [5.74, 6) is 0.140. The summed E-state index contributed by atoms with van der Waals surface area (Å²) in [4.78, 5) is 16.7. The largest absolute Gasteiger partial charge is 0.352 e. The standard InChI is InChI=1S/C15H18N2OS2/c1-10(14(18)16-11-6-2-3-7-11)19-15-17-12-8-4-5-9-13(12)20-15/h4-5,8-11H,2-3,6-7H2,1H3,(H,16,18). The topological polar surface area (TPSA) is 42.0 Å². The van der Waals surface area contributed by atoms with E-state index in [4.69, 9.17) is 0 Å². The Bertz CT molecular complexity index is 572. The summed E-state index contributed by atoms with van der Waals surface area (Å²) in [6, 6.07) is 8.48. The Morgan fingerprint density at radius 1 is 1.40 bits per heavy atom. The van der Waals surface area contributed by atoms with E-state index >= 15 is 0 Å². The molecule has 106 valence electrons. The van der Waals surface area contributed by atoms with Crippen molar-refractivity contribution < 1.29 is 4.79 Å². The molecule has 2 aromatic rings. The zero-order valence-corrected chi connectivity index (χ0v) is 13.1. The lowest BCUT2D eigenvalue weighted by molar-refractivity contribution is -0.120. The summed E-state index contributed by atoms with van der Waals surface area (Å²) in [6.45, 7) is 1.96. The molecular weight excluding hydrogens is 288 g/mol. The zero-order chi connectivity index (χ0) is 13.9. The van der Waals surface area contributed by atoms with E-state index in [1.807, 2.05) is 25.1 Å². The molecule has 1 aliphatic rings. The molecule has 0 aliphatic heterocycles. The van der Waals surface area contributed by atoms with Crippen LogP contribution in [0.25, 0.3) is 10.2 Å².